The molecule has 0 amide bonds. The van der Waals surface area contributed by atoms with E-state index in [1.54, 1.807) is 0 Å². The number of aryl methyl sites for hydroxylation is 2. The normalized spacial score (nSPS) is 11.6. The molecule has 9 rings (SSSR count). The number of hydrogen-bond donors (Lipinski definition) is 0. The molecule has 0 aliphatic rings. The number of benzene rings is 9. The molecule has 1 heteroatoms. The largest absolute Gasteiger partial charge is 0.310 e. The fraction of sp³-hybridized carbons (Fsp3) is 0.0435. The smallest absolute Gasteiger partial charge is 0.0474 e. The van der Waals surface area contributed by atoms with Gasteiger partial charge in [0.25, 0.3) is 0 Å². The van der Waals surface area contributed by atoms with Crippen LogP contribution in [0, 0.1) is 13.8 Å². The highest BCUT2D eigenvalue weighted by atomic mass is 15.1. The molecule has 0 aromatic heterocycles. The van der Waals surface area contributed by atoms with Gasteiger partial charge >= 0.3 is 0 Å². The zero-order valence-corrected chi connectivity index (χ0v) is 26.5. The monoisotopic (exact) mass is 599 g/mol. The third kappa shape index (κ3) is 4.47. The van der Waals surface area contributed by atoms with Crippen molar-refractivity contribution in [2.45, 2.75) is 13.8 Å². The van der Waals surface area contributed by atoms with Crippen LogP contribution in [0.15, 0.2) is 164 Å². The van der Waals surface area contributed by atoms with Gasteiger partial charge in [-0.2, -0.15) is 0 Å². The molecule has 1 nitrogen and oxygen atoms in total. The van der Waals surface area contributed by atoms with Gasteiger partial charge in [0.05, 0.1) is 0 Å². The van der Waals surface area contributed by atoms with Gasteiger partial charge in [0.2, 0.25) is 0 Å². The van der Waals surface area contributed by atoms with Crippen LogP contribution in [-0.2, 0) is 0 Å². The zero-order chi connectivity index (χ0) is 31.5. The van der Waals surface area contributed by atoms with Crippen LogP contribution in [0.3, 0.4) is 0 Å². The second-order valence-corrected chi connectivity index (χ2v) is 12.7. The molecule has 0 N–H and O–H groups in total. The van der Waals surface area contributed by atoms with E-state index in [2.05, 4.69) is 183 Å². The van der Waals surface area contributed by atoms with Gasteiger partial charge in [-0.1, -0.05) is 127 Å². The highest BCUT2D eigenvalue weighted by Crippen LogP contribution is 2.48. The Balaban J connectivity index is 1.45. The van der Waals surface area contributed by atoms with Gasteiger partial charge in [-0.05, 0) is 127 Å². The highest BCUT2D eigenvalue weighted by Gasteiger charge is 2.21. The summed E-state index contributed by atoms with van der Waals surface area (Å²) >= 11 is 0. The van der Waals surface area contributed by atoms with Crippen molar-refractivity contribution >= 4 is 60.2 Å². The van der Waals surface area contributed by atoms with E-state index in [0.717, 1.165) is 17.1 Å². The van der Waals surface area contributed by atoms with E-state index < -0.39 is 0 Å². The quantitative estimate of drug-likeness (QED) is 0.140. The molecule has 0 saturated heterocycles. The van der Waals surface area contributed by atoms with E-state index >= 15 is 0 Å². The fourth-order valence-electron chi connectivity index (χ4n) is 7.61. The Hall–Kier alpha value is -5.92. The molecule has 0 heterocycles. The Morgan fingerprint density at radius 1 is 0.319 bits per heavy atom. The standard InChI is InChI=1S/C46H33N/c1-30-12-9-18-34(26-30)47(35-19-10-13-31(2)27-35)36-28-43-38(33-16-7-4-8-17-33)23-24-41-40-21-11-20-39-37(32-14-5-3-6-15-32)22-25-42(45(39)40)44(29-36)46(41)43/h3-29H,1-2H3. The van der Waals surface area contributed by atoms with E-state index in [-0.39, 0.29) is 0 Å². The number of anilines is 3. The van der Waals surface area contributed by atoms with Gasteiger partial charge in [-0.3, -0.25) is 0 Å². The molecule has 0 atom stereocenters. The van der Waals surface area contributed by atoms with Crippen molar-refractivity contribution in [3.8, 4) is 22.3 Å². The van der Waals surface area contributed by atoms with Crippen molar-refractivity contribution in [1.82, 2.24) is 0 Å². The summed E-state index contributed by atoms with van der Waals surface area (Å²) in [7, 11) is 0. The fourth-order valence-corrected chi connectivity index (χ4v) is 7.61. The second-order valence-electron chi connectivity index (χ2n) is 12.7. The maximum Gasteiger partial charge on any atom is 0.0474 e. The summed E-state index contributed by atoms with van der Waals surface area (Å²) < 4.78 is 0. The van der Waals surface area contributed by atoms with E-state index in [1.807, 2.05) is 0 Å². The lowest BCUT2D eigenvalue weighted by Crippen LogP contribution is -2.10. The van der Waals surface area contributed by atoms with Crippen molar-refractivity contribution < 1.29 is 0 Å². The summed E-state index contributed by atoms with van der Waals surface area (Å²) in [6.07, 6.45) is 0. The summed E-state index contributed by atoms with van der Waals surface area (Å²) in [6, 6.07) is 60.3. The number of rotatable bonds is 5. The summed E-state index contributed by atoms with van der Waals surface area (Å²) in [5.41, 5.74) is 10.9. The van der Waals surface area contributed by atoms with Crippen molar-refractivity contribution in [1.29, 1.82) is 0 Å². The molecule has 0 spiro atoms. The molecule has 0 radical (unpaired) electrons. The first kappa shape index (κ1) is 27.4. The zero-order valence-electron chi connectivity index (χ0n) is 26.5. The van der Waals surface area contributed by atoms with Crippen LogP contribution in [-0.4, -0.2) is 0 Å². The molecule has 47 heavy (non-hydrogen) atoms. The predicted octanol–water partition coefficient (Wildman–Crippen LogP) is 13.2. The third-order valence-electron chi connectivity index (χ3n) is 9.67. The van der Waals surface area contributed by atoms with E-state index in [0.29, 0.717) is 0 Å². The molecule has 0 fully saturated rings. The highest BCUT2D eigenvalue weighted by molar-refractivity contribution is 6.35. The van der Waals surface area contributed by atoms with E-state index in [1.165, 1.54) is 76.5 Å². The minimum Gasteiger partial charge on any atom is -0.310 e. The molecule has 0 saturated carbocycles. The summed E-state index contributed by atoms with van der Waals surface area (Å²) in [5, 5.41) is 10.3. The lowest BCUT2D eigenvalue weighted by atomic mass is 9.85. The van der Waals surface area contributed by atoms with Crippen LogP contribution in [0.25, 0.3) is 65.3 Å². The second kappa shape index (κ2) is 10.9. The first-order chi connectivity index (χ1) is 23.1. The number of hydrogen-bond acceptors (Lipinski definition) is 1. The van der Waals surface area contributed by atoms with E-state index in [4.69, 9.17) is 0 Å². The van der Waals surface area contributed by atoms with Crippen molar-refractivity contribution in [2.75, 3.05) is 4.90 Å². The Kier molecular flexibility index (Phi) is 6.33. The van der Waals surface area contributed by atoms with Gasteiger partial charge in [-0.25, -0.2) is 0 Å². The van der Waals surface area contributed by atoms with Gasteiger partial charge < -0.3 is 4.90 Å². The molecule has 0 unspecified atom stereocenters. The van der Waals surface area contributed by atoms with Crippen LogP contribution >= 0.6 is 0 Å². The molecular formula is C46H33N. The molecule has 222 valence electrons. The van der Waals surface area contributed by atoms with Gasteiger partial charge in [-0.15, -0.1) is 0 Å². The maximum absolute atomic E-state index is 2.43. The summed E-state index contributed by atoms with van der Waals surface area (Å²) in [6.45, 7) is 4.34. The molecular weight excluding hydrogens is 567 g/mol. The SMILES string of the molecule is Cc1cccc(N(c2cccc(C)c2)c2cc3c(-c4ccccc4)ccc4c5cccc6c(-c7ccccc7)ccc(c(c2)c34)c65)c1. The van der Waals surface area contributed by atoms with Crippen LogP contribution < -0.4 is 4.90 Å². The molecule has 0 aliphatic carbocycles. The summed E-state index contributed by atoms with van der Waals surface area (Å²) in [5.74, 6) is 0. The van der Waals surface area contributed by atoms with Crippen molar-refractivity contribution in [3.63, 3.8) is 0 Å². The average molecular weight is 600 g/mol. The molecule has 0 aliphatic heterocycles. The Morgan fingerprint density at radius 2 is 0.787 bits per heavy atom. The average Bonchev–Trinajstić information content (AvgIpc) is 3.11. The summed E-state index contributed by atoms with van der Waals surface area (Å²) in [4.78, 5) is 2.42. The van der Waals surface area contributed by atoms with E-state index in [9.17, 15) is 0 Å². The number of fused-ring (bicyclic) bond motifs is 2. The van der Waals surface area contributed by atoms with Crippen LogP contribution in [0.2, 0.25) is 0 Å². The van der Waals surface area contributed by atoms with Crippen LogP contribution in [0.1, 0.15) is 11.1 Å². The first-order valence-corrected chi connectivity index (χ1v) is 16.4. The van der Waals surface area contributed by atoms with Crippen LogP contribution in [0.5, 0.6) is 0 Å². The Labute approximate surface area is 275 Å². The Bertz CT molecular complexity index is 2540. The maximum atomic E-state index is 2.43. The third-order valence-corrected chi connectivity index (χ3v) is 9.67. The lowest BCUT2D eigenvalue weighted by molar-refractivity contribution is 1.27. The minimum absolute atomic E-state index is 1.15. The van der Waals surface area contributed by atoms with Crippen molar-refractivity contribution in [2.24, 2.45) is 0 Å². The van der Waals surface area contributed by atoms with Crippen LogP contribution in [0.4, 0.5) is 17.1 Å². The Morgan fingerprint density at radius 3 is 1.38 bits per heavy atom. The number of nitrogens with zero attached hydrogens (tertiary/aromatic N) is 1. The molecule has 9 aromatic rings. The van der Waals surface area contributed by atoms with Gasteiger partial charge in [0.15, 0.2) is 0 Å². The van der Waals surface area contributed by atoms with Gasteiger partial charge in [0.1, 0.15) is 0 Å². The molecule has 9 aromatic carbocycles. The minimum atomic E-state index is 1.15. The molecule has 0 bridgehead atoms. The lowest BCUT2D eigenvalue weighted by Gasteiger charge is -2.28. The predicted molar refractivity (Wildman–Crippen MR) is 203 cm³/mol. The topological polar surface area (TPSA) is 3.24 Å². The van der Waals surface area contributed by atoms with Crippen molar-refractivity contribution in [3.05, 3.63) is 175 Å². The first-order valence-electron chi connectivity index (χ1n) is 16.4. The van der Waals surface area contributed by atoms with Gasteiger partial charge in [0, 0.05) is 17.1 Å².